The molecule has 2 aromatic rings. The average molecular weight is 291 g/mol. The van der Waals surface area contributed by atoms with Crippen molar-refractivity contribution in [2.75, 3.05) is 18.9 Å². The molecule has 4 nitrogen and oxygen atoms in total. The molecular weight excluding hydrogens is 270 g/mol. The summed E-state index contributed by atoms with van der Waals surface area (Å²) in [4.78, 5) is 6.75. The molecule has 0 saturated carbocycles. The molecule has 2 N–H and O–H groups in total. The molecule has 0 radical (unpaired) electrons. The van der Waals surface area contributed by atoms with Crippen LogP contribution in [-0.4, -0.2) is 34.7 Å². The second-order valence-corrected chi connectivity index (χ2v) is 5.87. The lowest BCUT2D eigenvalue weighted by Crippen LogP contribution is -2.22. The Morgan fingerprint density at radius 1 is 1.35 bits per heavy atom. The van der Waals surface area contributed by atoms with Gasteiger partial charge in [-0.25, -0.2) is 4.98 Å². The Balaban J connectivity index is 1.86. The smallest absolute Gasteiger partial charge is 0.187 e. The number of anilines is 2. The Morgan fingerprint density at radius 2 is 2.10 bits per heavy atom. The molecule has 1 aromatic carbocycles. The molecule has 0 aliphatic rings. The number of rotatable bonds is 7. The van der Waals surface area contributed by atoms with Crippen LogP contribution in [0.5, 0.6) is 0 Å². The van der Waals surface area contributed by atoms with E-state index in [-0.39, 0.29) is 6.10 Å². The van der Waals surface area contributed by atoms with Crippen LogP contribution in [0.1, 0.15) is 19.0 Å². The number of aromatic nitrogens is 1. The molecule has 2 rings (SSSR count). The van der Waals surface area contributed by atoms with Crippen molar-refractivity contribution in [3.8, 4) is 0 Å². The standard InChI is InChI=1S/C15H21N3OS/c1-12(19)8-9-18(2)10-14-11-20-15(17-14)16-13-6-4-3-5-7-13/h3-7,11-12,19H,8-10H2,1-2H3,(H,16,17). The van der Waals surface area contributed by atoms with Crippen molar-refractivity contribution in [1.29, 1.82) is 0 Å². The highest BCUT2D eigenvalue weighted by molar-refractivity contribution is 7.13. The van der Waals surface area contributed by atoms with Crippen LogP contribution in [0.15, 0.2) is 35.7 Å². The Labute approximate surface area is 124 Å². The lowest BCUT2D eigenvalue weighted by atomic mass is 10.3. The van der Waals surface area contributed by atoms with Gasteiger partial charge in [0.1, 0.15) is 0 Å². The van der Waals surface area contributed by atoms with Gasteiger partial charge in [0.25, 0.3) is 0 Å². The maximum absolute atomic E-state index is 9.29. The van der Waals surface area contributed by atoms with Crippen LogP contribution in [0, 0.1) is 0 Å². The van der Waals surface area contributed by atoms with Gasteiger partial charge in [0.05, 0.1) is 11.8 Å². The summed E-state index contributed by atoms with van der Waals surface area (Å²) in [7, 11) is 2.05. The van der Waals surface area contributed by atoms with Crippen molar-refractivity contribution in [3.05, 3.63) is 41.4 Å². The first kappa shape index (κ1) is 15.0. The lowest BCUT2D eigenvalue weighted by molar-refractivity contribution is 0.162. The number of para-hydroxylation sites is 1. The predicted octanol–water partition coefficient (Wildman–Crippen LogP) is 3.09. The summed E-state index contributed by atoms with van der Waals surface area (Å²) < 4.78 is 0. The minimum atomic E-state index is -0.247. The number of hydrogen-bond donors (Lipinski definition) is 2. The fourth-order valence-corrected chi connectivity index (χ4v) is 2.57. The third-order valence-corrected chi connectivity index (χ3v) is 3.74. The van der Waals surface area contributed by atoms with Crippen molar-refractivity contribution >= 4 is 22.2 Å². The van der Waals surface area contributed by atoms with Gasteiger partial charge in [0.15, 0.2) is 5.13 Å². The van der Waals surface area contributed by atoms with Gasteiger partial charge in [-0.1, -0.05) is 18.2 Å². The van der Waals surface area contributed by atoms with Gasteiger partial charge in [-0.05, 0) is 32.5 Å². The summed E-state index contributed by atoms with van der Waals surface area (Å²) in [6, 6.07) is 10.0. The van der Waals surface area contributed by atoms with Crippen LogP contribution in [0.3, 0.4) is 0 Å². The van der Waals surface area contributed by atoms with Gasteiger partial charge in [-0.2, -0.15) is 0 Å². The first-order chi connectivity index (χ1) is 9.63. The van der Waals surface area contributed by atoms with E-state index in [1.807, 2.05) is 44.3 Å². The normalized spacial score (nSPS) is 12.6. The van der Waals surface area contributed by atoms with E-state index in [0.717, 1.165) is 36.0 Å². The van der Waals surface area contributed by atoms with Gasteiger partial charge < -0.3 is 15.3 Å². The SMILES string of the molecule is CC(O)CCN(C)Cc1csc(Nc2ccccc2)n1. The van der Waals surface area contributed by atoms with Crippen LogP contribution >= 0.6 is 11.3 Å². The molecule has 0 aliphatic heterocycles. The number of nitrogens with zero attached hydrogens (tertiary/aromatic N) is 2. The molecular formula is C15H21N3OS. The summed E-state index contributed by atoms with van der Waals surface area (Å²) in [6.45, 7) is 3.49. The van der Waals surface area contributed by atoms with E-state index in [4.69, 9.17) is 0 Å². The zero-order valence-electron chi connectivity index (χ0n) is 11.9. The Morgan fingerprint density at radius 3 is 2.80 bits per heavy atom. The minimum Gasteiger partial charge on any atom is -0.393 e. The van der Waals surface area contributed by atoms with Gasteiger partial charge in [0.2, 0.25) is 0 Å². The fraction of sp³-hybridized carbons (Fsp3) is 0.400. The number of aliphatic hydroxyl groups excluding tert-OH is 1. The van der Waals surface area contributed by atoms with E-state index in [9.17, 15) is 5.11 Å². The molecule has 1 unspecified atom stereocenters. The number of nitrogens with one attached hydrogen (secondary N) is 1. The van der Waals surface area contributed by atoms with Crippen molar-refractivity contribution in [2.45, 2.75) is 26.0 Å². The number of hydrogen-bond acceptors (Lipinski definition) is 5. The molecule has 0 amide bonds. The van der Waals surface area contributed by atoms with E-state index in [0.29, 0.717) is 0 Å². The molecule has 108 valence electrons. The Kier molecular flexibility index (Phi) is 5.52. The molecule has 0 spiro atoms. The van der Waals surface area contributed by atoms with E-state index < -0.39 is 0 Å². The number of thiazole rings is 1. The largest absolute Gasteiger partial charge is 0.393 e. The molecule has 0 fully saturated rings. The highest BCUT2D eigenvalue weighted by Crippen LogP contribution is 2.21. The van der Waals surface area contributed by atoms with Crippen molar-refractivity contribution < 1.29 is 5.11 Å². The summed E-state index contributed by atoms with van der Waals surface area (Å²) in [5.74, 6) is 0. The second kappa shape index (κ2) is 7.38. The first-order valence-corrected chi connectivity index (χ1v) is 7.64. The summed E-state index contributed by atoms with van der Waals surface area (Å²) in [6.07, 6.45) is 0.540. The van der Waals surface area contributed by atoms with Crippen LogP contribution in [0.25, 0.3) is 0 Å². The van der Waals surface area contributed by atoms with Gasteiger partial charge in [0, 0.05) is 24.2 Å². The second-order valence-electron chi connectivity index (χ2n) is 5.01. The van der Waals surface area contributed by atoms with E-state index >= 15 is 0 Å². The van der Waals surface area contributed by atoms with Crippen LogP contribution < -0.4 is 5.32 Å². The molecule has 0 saturated heterocycles. The fourth-order valence-electron chi connectivity index (χ4n) is 1.84. The maximum atomic E-state index is 9.29. The Hall–Kier alpha value is -1.43. The van der Waals surface area contributed by atoms with Crippen molar-refractivity contribution in [2.24, 2.45) is 0 Å². The topological polar surface area (TPSA) is 48.4 Å². The summed E-state index contributed by atoms with van der Waals surface area (Å²) in [5, 5.41) is 15.6. The average Bonchev–Trinajstić information content (AvgIpc) is 2.85. The van der Waals surface area contributed by atoms with Crippen LogP contribution in [-0.2, 0) is 6.54 Å². The third-order valence-electron chi connectivity index (χ3n) is 2.94. The minimum absolute atomic E-state index is 0.247. The zero-order valence-corrected chi connectivity index (χ0v) is 12.7. The number of aliphatic hydroxyl groups is 1. The maximum Gasteiger partial charge on any atom is 0.187 e. The quantitative estimate of drug-likeness (QED) is 0.823. The van der Waals surface area contributed by atoms with E-state index in [1.54, 1.807) is 11.3 Å². The van der Waals surface area contributed by atoms with Crippen molar-refractivity contribution in [1.82, 2.24) is 9.88 Å². The van der Waals surface area contributed by atoms with Crippen LogP contribution in [0.4, 0.5) is 10.8 Å². The zero-order chi connectivity index (χ0) is 14.4. The molecule has 0 bridgehead atoms. The molecule has 1 heterocycles. The summed E-state index contributed by atoms with van der Waals surface area (Å²) >= 11 is 1.61. The molecule has 0 aliphatic carbocycles. The lowest BCUT2D eigenvalue weighted by Gasteiger charge is -2.15. The molecule has 1 aromatic heterocycles. The predicted molar refractivity (Wildman–Crippen MR) is 84.5 cm³/mol. The van der Waals surface area contributed by atoms with E-state index in [1.165, 1.54) is 0 Å². The third kappa shape index (κ3) is 4.92. The van der Waals surface area contributed by atoms with Crippen molar-refractivity contribution in [3.63, 3.8) is 0 Å². The summed E-state index contributed by atoms with van der Waals surface area (Å²) in [5.41, 5.74) is 2.11. The van der Waals surface area contributed by atoms with Gasteiger partial charge >= 0.3 is 0 Å². The molecule has 1 atom stereocenters. The van der Waals surface area contributed by atoms with E-state index in [2.05, 4.69) is 20.6 Å². The number of benzene rings is 1. The monoisotopic (exact) mass is 291 g/mol. The van der Waals surface area contributed by atoms with Gasteiger partial charge in [-0.3, -0.25) is 0 Å². The Bertz CT molecular complexity index is 513. The molecule has 5 heteroatoms. The first-order valence-electron chi connectivity index (χ1n) is 6.76. The van der Waals surface area contributed by atoms with Crippen LogP contribution in [0.2, 0.25) is 0 Å². The molecule has 20 heavy (non-hydrogen) atoms. The van der Waals surface area contributed by atoms with Gasteiger partial charge in [-0.15, -0.1) is 11.3 Å². The highest BCUT2D eigenvalue weighted by Gasteiger charge is 2.06. The highest BCUT2D eigenvalue weighted by atomic mass is 32.1.